The zero-order valence-electron chi connectivity index (χ0n) is 25.9. The number of fused-ring (bicyclic) bond motifs is 1. The average Bonchev–Trinajstić information content (AvgIpc) is 3.36. The molecule has 2 rings (SSSR count). The second-order valence-corrected chi connectivity index (χ2v) is 10.1. The Morgan fingerprint density at radius 1 is 0.953 bits per heavy atom. The first-order valence-corrected chi connectivity index (χ1v) is 14.4. The topological polar surface area (TPSA) is 167 Å². The number of aromatic nitrogens is 1. The summed E-state index contributed by atoms with van der Waals surface area (Å²) in [7, 11) is 5.13. The Morgan fingerprint density at radius 2 is 1.63 bits per heavy atom. The molecule has 14 nitrogen and oxygen atoms in total. The fraction of sp³-hybridized carbons (Fsp3) is 0.586. The van der Waals surface area contributed by atoms with Crippen LogP contribution < -0.4 is 21.4 Å². The highest BCUT2D eigenvalue weighted by Crippen LogP contribution is 2.31. The number of rotatable bonds is 21. The molecule has 3 amide bonds. The van der Waals surface area contributed by atoms with E-state index in [0.29, 0.717) is 44.7 Å². The van der Waals surface area contributed by atoms with Gasteiger partial charge in [-0.15, -0.1) is 0 Å². The number of benzene rings is 1. The number of nitrogens with zero attached hydrogens (tertiary/aromatic N) is 3. The molecular formula is C29H47N7O7. The van der Waals surface area contributed by atoms with Gasteiger partial charge in [-0.25, -0.2) is 9.80 Å². The van der Waals surface area contributed by atoms with E-state index in [1.54, 1.807) is 18.5 Å². The minimum atomic E-state index is -1.68. The standard InChI is InChI=1S/C29H47N7O7/c1-6-25(37)32-13-12-31-20-26(38)33-14-16-43-18-17-42-15-11-27(39)35(5)29(2,28(40)41)36-23(21-34(4)30-3)19-22-9-7-8-10-24(22)36/h7-10,19,30-31H,6,11-18,20-21H2,1-5H3,(H,32,37)(H,33,38)(H,40,41). The molecule has 1 aromatic heterocycles. The molecule has 1 unspecified atom stereocenters. The first-order valence-electron chi connectivity index (χ1n) is 14.4. The SMILES string of the molecule is CCC(=O)NCCNCC(=O)NCCOCCOCCC(=O)N(C)C(C)(C(=O)O)n1c(CN(C)NC)cc2ccccc21. The number of ether oxygens (including phenoxy) is 2. The van der Waals surface area contributed by atoms with Crippen LogP contribution in [0.3, 0.4) is 0 Å². The molecule has 1 atom stereocenters. The van der Waals surface area contributed by atoms with Gasteiger partial charge in [-0.1, -0.05) is 25.1 Å². The maximum Gasteiger partial charge on any atom is 0.350 e. The van der Waals surface area contributed by atoms with Crippen molar-refractivity contribution in [2.24, 2.45) is 0 Å². The van der Waals surface area contributed by atoms with Gasteiger partial charge in [-0.05, 0) is 31.5 Å². The third-order valence-electron chi connectivity index (χ3n) is 7.07. The summed E-state index contributed by atoms with van der Waals surface area (Å²) in [5, 5.41) is 21.5. The Bertz CT molecular complexity index is 1210. The highest BCUT2D eigenvalue weighted by molar-refractivity contribution is 5.89. The van der Waals surface area contributed by atoms with Crippen molar-refractivity contribution < 1.29 is 33.8 Å². The van der Waals surface area contributed by atoms with Gasteiger partial charge in [0.1, 0.15) is 0 Å². The quantitative estimate of drug-likeness (QED) is 0.0972. The number of aliphatic carboxylic acids is 1. The predicted octanol–water partition coefficient (Wildman–Crippen LogP) is 0.0785. The summed E-state index contributed by atoms with van der Waals surface area (Å²) >= 11 is 0. The van der Waals surface area contributed by atoms with Crippen LogP contribution in [-0.4, -0.2) is 117 Å². The molecule has 240 valence electrons. The summed E-state index contributed by atoms with van der Waals surface area (Å²) in [5.74, 6) is -1.74. The van der Waals surface area contributed by atoms with E-state index >= 15 is 0 Å². The highest BCUT2D eigenvalue weighted by Gasteiger charge is 2.44. The van der Waals surface area contributed by atoms with Gasteiger partial charge in [0.05, 0.1) is 51.5 Å². The van der Waals surface area contributed by atoms with Crippen LogP contribution >= 0.6 is 0 Å². The normalized spacial score (nSPS) is 12.7. The van der Waals surface area contributed by atoms with Crippen molar-refractivity contribution in [2.45, 2.75) is 38.9 Å². The molecule has 43 heavy (non-hydrogen) atoms. The fourth-order valence-corrected chi connectivity index (χ4v) is 4.39. The molecule has 0 saturated carbocycles. The van der Waals surface area contributed by atoms with Gasteiger partial charge in [0, 0.05) is 45.8 Å². The molecule has 5 N–H and O–H groups in total. The molecule has 0 aliphatic heterocycles. The summed E-state index contributed by atoms with van der Waals surface area (Å²) in [4.78, 5) is 50.1. The number of hydrogen-bond acceptors (Lipinski definition) is 9. The number of carboxylic acids is 1. The number of nitrogens with one attached hydrogen (secondary N) is 4. The maximum atomic E-state index is 13.2. The lowest BCUT2D eigenvalue weighted by Gasteiger charge is -2.38. The first-order chi connectivity index (χ1) is 20.6. The van der Waals surface area contributed by atoms with E-state index in [9.17, 15) is 24.3 Å². The van der Waals surface area contributed by atoms with E-state index in [2.05, 4.69) is 21.4 Å². The summed E-state index contributed by atoms with van der Waals surface area (Å²) in [5.41, 5.74) is 2.79. The van der Waals surface area contributed by atoms with Crippen molar-refractivity contribution >= 4 is 34.6 Å². The van der Waals surface area contributed by atoms with E-state index in [1.165, 1.54) is 18.9 Å². The van der Waals surface area contributed by atoms with E-state index < -0.39 is 11.6 Å². The monoisotopic (exact) mass is 605 g/mol. The van der Waals surface area contributed by atoms with Crippen molar-refractivity contribution in [3.05, 3.63) is 36.0 Å². The molecule has 0 saturated heterocycles. The van der Waals surface area contributed by atoms with Gasteiger partial charge in [0.15, 0.2) is 0 Å². The van der Waals surface area contributed by atoms with Crippen molar-refractivity contribution in [2.75, 3.05) is 73.7 Å². The van der Waals surface area contributed by atoms with E-state index in [0.717, 1.165) is 11.1 Å². The van der Waals surface area contributed by atoms with Gasteiger partial charge in [-0.3, -0.25) is 19.8 Å². The summed E-state index contributed by atoms with van der Waals surface area (Å²) in [6, 6.07) is 9.43. The third kappa shape index (κ3) is 10.6. The van der Waals surface area contributed by atoms with E-state index in [1.807, 2.05) is 42.4 Å². The zero-order chi connectivity index (χ0) is 31.8. The number of carboxylic acid groups (broad SMARTS) is 1. The van der Waals surface area contributed by atoms with Crippen LogP contribution in [0.2, 0.25) is 0 Å². The fourth-order valence-electron chi connectivity index (χ4n) is 4.39. The average molecular weight is 606 g/mol. The number of hydrazine groups is 1. The van der Waals surface area contributed by atoms with Crippen LogP contribution in [0.15, 0.2) is 30.3 Å². The Hall–Kier alpha value is -3.56. The molecule has 0 spiro atoms. The molecule has 1 heterocycles. The van der Waals surface area contributed by atoms with Crippen LogP contribution in [0.5, 0.6) is 0 Å². The predicted molar refractivity (Wildman–Crippen MR) is 162 cm³/mol. The number of carbonyl (C=O) groups is 4. The number of hydrogen-bond donors (Lipinski definition) is 5. The molecule has 1 aromatic carbocycles. The Morgan fingerprint density at radius 3 is 2.30 bits per heavy atom. The van der Waals surface area contributed by atoms with Crippen molar-refractivity contribution in [1.82, 2.24) is 35.9 Å². The van der Waals surface area contributed by atoms with Crippen LogP contribution in [0, 0.1) is 0 Å². The van der Waals surface area contributed by atoms with Gasteiger partial charge < -0.3 is 40.0 Å². The lowest BCUT2D eigenvalue weighted by atomic mass is 10.1. The van der Waals surface area contributed by atoms with E-state index in [-0.39, 0.29) is 50.5 Å². The summed E-state index contributed by atoms with van der Waals surface area (Å²) < 4.78 is 12.7. The zero-order valence-corrected chi connectivity index (χ0v) is 25.9. The second kappa shape index (κ2) is 18.2. The smallest absolute Gasteiger partial charge is 0.350 e. The van der Waals surface area contributed by atoms with Gasteiger partial charge in [0.2, 0.25) is 23.4 Å². The molecule has 0 aliphatic carbocycles. The largest absolute Gasteiger partial charge is 0.478 e. The minimum Gasteiger partial charge on any atom is -0.478 e. The molecule has 0 radical (unpaired) electrons. The van der Waals surface area contributed by atoms with Gasteiger partial charge in [0.25, 0.3) is 0 Å². The van der Waals surface area contributed by atoms with Gasteiger partial charge >= 0.3 is 5.97 Å². The Labute approximate surface area is 253 Å². The lowest BCUT2D eigenvalue weighted by Crippen LogP contribution is -2.55. The molecule has 0 bridgehead atoms. The molecular weight excluding hydrogens is 558 g/mol. The number of amides is 3. The first kappa shape index (κ1) is 35.6. The van der Waals surface area contributed by atoms with E-state index in [4.69, 9.17) is 9.47 Å². The third-order valence-corrected chi connectivity index (χ3v) is 7.07. The molecule has 2 aromatic rings. The highest BCUT2D eigenvalue weighted by atomic mass is 16.5. The summed E-state index contributed by atoms with van der Waals surface area (Å²) in [6.07, 6.45) is 0.423. The minimum absolute atomic E-state index is 0.00446. The molecule has 0 aliphatic rings. The second-order valence-electron chi connectivity index (χ2n) is 10.1. The Balaban J connectivity index is 1.77. The van der Waals surface area contributed by atoms with Crippen molar-refractivity contribution in [3.8, 4) is 0 Å². The molecule has 14 heteroatoms. The van der Waals surface area contributed by atoms with Crippen LogP contribution in [-0.2, 0) is 40.9 Å². The lowest BCUT2D eigenvalue weighted by molar-refractivity contribution is -0.164. The van der Waals surface area contributed by atoms with Crippen molar-refractivity contribution in [3.63, 3.8) is 0 Å². The number of carbonyl (C=O) groups excluding carboxylic acids is 3. The van der Waals surface area contributed by atoms with Gasteiger partial charge in [-0.2, -0.15) is 0 Å². The van der Waals surface area contributed by atoms with Crippen LogP contribution in [0.4, 0.5) is 0 Å². The van der Waals surface area contributed by atoms with Crippen LogP contribution in [0.25, 0.3) is 10.9 Å². The number of para-hydroxylation sites is 1. The summed E-state index contributed by atoms with van der Waals surface area (Å²) in [6.45, 7) is 6.09. The van der Waals surface area contributed by atoms with Crippen molar-refractivity contribution in [1.29, 1.82) is 0 Å². The maximum absolute atomic E-state index is 13.2. The Kier molecular flexibility index (Phi) is 15.1. The number of likely N-dealkylation sites (N-methyl/N-ethyl adjacent to an activating group) is 1. The van der Waals surface area contributed by atoms with Crippen LogP contribution in [0.1, 0.15) is 32.4 Å². The molecule has 0 fully saturated rings.